The van der Waals surface area contributed by atoms with E-state index in [0.29, 0.717) is 0 Å². The van der Waals surface area contributed by atoms with Gasteiger partial charge < -0.3 is 4.74 Å². The normalized spacial score (nSPS) is 15.0. The highest BCUT2D eigenvalue weighted by atomic mass is 32.1. The molecule has 112 valence electrons. The van der Waals surface area contributed by atoms with Crippen molar-refractivity contribution in [3.8, 4) is 0 Å². The highest BCUT2D eigenvalue weighted by Gasteiger charge is 2.15. The number of ether oxygens (including phenoxy) is 1. The zero-order valence-corrected chi connectivity index (χ0v) is 14.0. The van der Waals surface area contributed by atoms with Crippen molar-refractivity contribution in [2.75, 3.05) is 0 Å². The first-order chi connectivity index (χ1) is 10.7. The summed E-state index contributed by atoms with van der Waals surface area (Å²) in [5.41, 5.74) is 2.47. The van der Waals surface area contributed by atoms with Crippen LogP contribution in [-0.4, -0.2) is 0 Å². The quantitative estimate of drug-likeness (QED) is 0.728. The van der Waals surface area contributed by atoms with Crippen molar-refractivity contribution in [1.29, 1.82) is 0 Å². The number of hydrogen-bond donors (Lipinski definition) is 0. The van der Waals surface area contributed by atoms with Crippen molar-refractivity contribution in [1.82, 2.24) is 0 Å². The van der Waals surface area contributed by atoms with E-state index in [2.05, 4.69) is 66.1 Å². The summed E-state index contributed by atoms with van der Waals surface area (Å²) in [6.07, 6.45) is 10.5. The summed E-state index contributed by atoms with van der Waals surface area (Å²) >= 11 is 1.83. The van der Waals surface area contributed by atoms with Crippen LogP contribution in [0.1, 0.15) is 25.8 Å². The fraction of sp³-hybridized carbons (Fsp3) is 0.211. The van der Waals surface area contributed by atoms with E-state index in [-0.39, 0.29) is 0 Å². The number of fused-ring (bicyclic) bond motifs is 1. The summed E-state index contributed by atoms with van der Waals surface area (Å²) in [7, 11) is 0. The highest BCUT2D eigenvalue weighted by Crippen LogP contribution is 2.22. The number of nitrogens with zero attached hydrogens (tertiary/aromatic N) is 1. The molecule has 0 bridgehead atoms. The largest absolute Gasteiger partial charge is 0.467 e. The van der Waals surface area contributed by atoms with Crippen molar-refractivity contribution in [2.24, 2.45) is 0 Å². The van der Waals surface area contributed by atoms with Crippen molar-refractivity contribution < 1.29 is 9.30 Å². The highest BCUT2D eigenvalue weighted by molar-refractivity contribution is 7.18. The van der Waals surface area contributed by atoms with Gasteiger partial charge >= 0.3 is 0 Å². The predicted molar refractivity (Wildman–Crippen MR) is 93.4 cm³/mol. The molecule has 22 heavy (non-hydrogen) atoms. The minimum Gasteiger partial charge on any atom is -0.467 e. The van der Waals surface area contributed by atoms with Gasteiger partial charge in [0, 0.05) is 12.1 Å². The lowest BCUT2D eigenvalue weighted by atomic mass is 10.1. The molecule has 0 spiro atoms. The molecule has 1 aromatic heterocycles. The summed E-state index contributed by atoms with van der Waals surface area (Å²) < 4.78 is 9.19. The van der Waals surface area contributed by atoms with Gasteiger partial charge in [0.15, 0.2) is 0 Å². The summed E-state index contributed by atoms with van der Waals surface area (Å²) in [6, 6.07) is 8.55. The van der Waals surface area contributed by atoms with Gasteiger partial charge in [0.05, 0.1) is 0 Å². The number of para-hydroxylation sites is 1. The van der Waals surface area contributed by atoms with Gasteiger partial charge in [0.2, 0.25) is 5.52 Å². The fourth-order valence-corrected chi connectivity index (χ4v) is 3.80. The van der Waals surface area contributed by atoms with E-state index in [4.69, 9.17) is 4.74 Å². The van der Waals surface area contributed by atoms with Crippen LogP contribution in [0.3, 0.4) is 0 Å². The number of benzene rings is 1. The van der Waals surface area contributed by atoms with E-state index in [9.17, 15) is 0 Å². The van der Waals surface area contributed by atoms with Gasteiger partial charge in [-0.15, -0.1) is 0 Å². The lowest BCUT2D eigenvalue weighted by Gasteiger charge is -2.11. The Bertz CT molecular complexity index is 801. The second kappa shape index (κ2) is 6.32. The molecule has 3 heteroatoms. The monoisotopic (exact) mass is 310 g/mol. The predicted octanol–water partition coefficient (Wildman–Crippen LogP) is 4.99. The second-order valence-corrected chi connectivity index (χ2v) is 6.35. The lowest BCUT2D eigenvalue weighted by molar-refractivity contribution is -0.665. The van der Waals surface area contributed by atoms with Crippen LogP contribution in [0.25, 0.3) is 16.3 Å². The molecule has 0 saturated heterocycles. The van der Waals surface area contributed by atoms with E-state index in [1.807, 2.05) is 25.2 Å². The molecule has 0 N–H and O–H groups in total. The van der Waals surface area contributed by atoms with Crippen LogP contribution in [0, 0.1) is 0 Å². The minimum atomic E-state index is 0.935. The Morgan fingerprint density at radius 1 is 1.14 bits per heavy atom. The van der Waals surface area contributed by atoms with E-state index in [0.717, 1.165) is 18.1 Å². The van der Waals surface area contributed by atoms with Crippen molar-refractivity contribution in [3.63, 3.8) is 0 Å². The summed E-state index contributed by atoms with van der Waals surface area (Å²) in [4.78, 5) is 0. The molecule has 1 aliphatic heterocycles. The first-order valence-corrected chi connectivity index (χ1v) is 8.33. The van der Waals surface area contributed by atoms with E-state index < -0.39 is 0 Å². The molecular weight excluding hydrogens is 290 g/mol. The molecule has 2 aromatic rings. The molecular formula is C19H20NOS+. The average molecular weight is 310 g/mol. The van der Waals surface area contributed by atoms with Gasteiger partial charge in [-0.2, -0.15) is 4.57 Å². The summed E-state index contributed by atoms with van der Waals surface area (Å²) in [5, 5.41) is 1.27. The SMILES string of the molecule is CC[n+]1c(/C=C/C=C2C=C(C)OC(C)=C2)sc2ccccc21. The maximum atomic E-state index is 5.51. The molecule has 1 aliphatic rings. The van der Waals surface area contributed by atoms with Crippen molar-refractivity contribution >= 4 is 27.6 Å². The molecule has 0 atom stereocenters. The first kappa shape index (κ1) is 14.8. The van der Waals surface area contributed by atoms with Crippen LogP contribution in [0.4, 0.5) is 0 Å². The molecule has 0 aliphatic carbocycles. The van der Waals surface area contributed by atoms with Gasteiger partial charge in [0.1, 0.15) is 22.8 Å². The maximum absolute atomic E-state index is 5.51. The number of aryl methyl sites for hydroxylation is 1. The van der Waals surface area contributed by atoms with Crippen LogP contribution in [0.2, 0.25) is 0 Å². The minimum absolute atomic E-state index is 0.935. The van der Waals surface area contributed by atoms with E-state index >= 15 is 0 Å². The summed E-state index contributed by atoms with van der Waals surface area (Å²) in [5.74, 6) is 1.87. The standard InChI is InChI=1S/C19H20NOS/c1-4-20-17-9-5-6-10-18(17)22-19(20)11-7-8-16-12-14(2)21-15(3)13-16/h5-13H,4H2,1-3H3/q+1/b11-7+. The third-order valence-corrected chi connectivity index (χ3v) is 4.67. The molecule has 0 radical (unpaired) electrons. The molecule has 0 fully saturated rings. The molecule has 0 amide bonds. The Kier molecular flexibility index (Phi) is 4.25. The van der Waals surface area contributed by atoms with Crippen LogP contribution >= 0.6 is 11.3 Å². The Morgan fingerprint density at radius 3 is 2.59 bits per heavy atom. The molecule has 3 rings (SSSR count). The number of thiazole rings is 1. The molecule has 2 nitrogen and oxygen atoms in total. The van der Waals surface area contributed by atoms with Crippen molar-refractivity contribution in [3.05, 3.63) is 70.7 Å². The van der Waals surface area contributed by atoms with Crippen molar-refractivity contribution in [2.45, 2.75) is 27.3 Å². The number of allylic oxidation sites excluding steroid dienone is 7. The maximum Gasteiger partial charge on any atom is 0.262 e. The van der Waals surface area contributed by atoms with Crippen LogP contribution in [0.5, 0.6) is 0 Å². The molecule has 2 heterocycles. The zero-order chi connectivity index (χ0) is 15.5. The number of aromatic nitrogens is 1. The molecule has 0 saturated carbocycles. The van der Waals surface area contributed by atoms with Gasteiger partial charge in [-0.3, -0.25) is 0 Å². The smallest absolute Gasteiger partial charge is 0.262 e. The Morgan fingerprint density at radius 2 is 1.86 bits per heavy atom. The third kappa shape index (κ3) is 3.04. The Labute approximate surface area is 135 Å². The lowest BCUT2D eigenvalue weighted by Crippen LogP contribution is -2.33. The number of hydrogen-bond acceptors (Lipinski definition) is 2. The molecule has 1 aromatic carbocycles. The van der Waals surface area contributed by atoms with Gasteiger partial charge in [0.25, 0.3) is 5.01 Å². The fourth-order valence-electron chi connectivity index (χ4n) is 2.66. The Hall–Kier alpha value is -2.13. The first-order valence-electron chi connectivity index (χ1n) is 7.51. The van der Waals surface area contributed by atoms with Crippen LogP contribution in [-0.2, 0) is 11.3 Å². The zero-order valence-electron chi connectivity index (χ0n) is 13.2. The van der Waals surface area contributed by atoms with Crippen LogP contribution in [0.15, 0.2) is 65.7 Å². The van der Waals surface area contributed by atoms with E-state index in [1.54, 1.807) is 0 Å². The second-order valence-electron chi connectivity index (χ2n) is 5.29. The third-order valence-electron chi connectivity index (χ3n) is 3.54. The van der Waals surface area contributed by atoms with E-state index in [1.165, 1.54) is 20.8 Å². The van der Waals surface area contributed by atoms with Crippen LogP contribution < -0.4 is 4.57 Å². The van der Waals surface area contributed by atoms with Gasteiger partial charge in [-0.25, -0.2) is 0 Å². The Balaban J connectivity index is 1.91. The topological polar surface area (TPSA) is 13.1 Å². The average Bonchev–Trinajstić information content (AvgIpc) is 2.83. The molecule has 0 unspecified atom stereocenters. The van der Waals surface area contributed by atoms with Gasteiger partial charge in [-0.05, 0) is 44.6 Å². The summed E-state index contributed by atoms with van der Waals surface area (Å²) in [6.45, 7) is 7.12. The number of rotatable bonds is 3. The van der Waals surface area contributed by atoms with Gasteiger partial charge in [-0.1, -0.05) is 35.6 Å².